The molecule has 1 aromatic heterocycles. The number of amides is 3. The Morgan fingerprint density at radius 2 is 2.25 bits per heavy atom. The third-order valence-corrected chi connectivity index (χ3v) is 4.98. The van der Waals surface area contributed by atoms with E-state index in [1.807, 2.05) is 11.4 Å². The molecule has 3 rings (SSSR count). The number of aromatic nitrogens is 1. The molecule has 0 aliphatic carbocycles. The van der Waals surface area contributed by atoms with Crippen LogP contribution < -0.4 is 16.0 Å². The van der Waals surface area contributed by atoms with Gasteiger partial charge in [0.2, 0.25) is 0 Å². The van der Waals surface area contributed by atoms with Crippen molar-refractivity contribution in [2.24, 2.45) is 0 Å². The summed E-state index contributed by atoms with van der Waals surface area (Å²) < 4.78 is 0. The number of nitrogens with zero attached hydrogens (tertiary/aromatic N) is 1. The number of anilines is 1. The number of nitrogens with one attached hydrogen (secondary N) is 3. The Kier molecular flexibility index (Phi) is 4.80. The zero-order valence-electron chi connectivity index (χ0n) is 13.7. The van der Waals surface area contributed by atoms with Gasteiger partial charge < -0.3 is 16.0 Å². The van der Waals surface area contributed by atoms with Crippen LogP contribution >= 0.6 is 11.3 Å². The molecule has 7 heteroatoms. The van der Waals surface area contributed by atoms with Gasteiger partial charge in [0.1, 0.15) is 0 Å². The lowest BCUT2D eigenvalue weighted by Gasteiger charge is -2.08. The molecule has 0 saturated heterocycles. The van der Waals surface area contributed by atoms with Crippen LogP contribution in [-0.4, -0.2) is 23.5 Å². The highest BCUT2D eigenvalue weighted by Crippen LogP contribution is 2.20. The molecule has 3 N–H and O–H groups in total. The van der Waals surface area contributed by atoms with Gasteiger partial charge in [-0.3, -0.25) is 4.79 Å². The summed E-state index contributed by atoms with van der Waals surface area (Å²) in [5.74, 6) is 0.329. The van der Waals surface area contributed by atoms with Crippen LogP contribution in [-0.2, 0) is 13.0 Å². The molecule has 1 aliphatic rings. The van der Waals surface area contributed by atoms with Gasteiger partial charge in [0, 0.05) is 42.1 Å². The van der Waals surface area contributed by atoms with Gasteiger partial charge in [-0.2, -0.15) is 0 Å². The molecule has 1 aliphatic heterocycles. The van der Waals surface area contributed by atoms with Crippen LogP contribution in [0.3, 0.4) is 0 Å². The van der Waals surface area contributed by atoms with Crippen molar-refractivity contribution in [3.05, 3.63) is 45.4 Å². The van der Waals surface area contributed by atoms with Crippen LogP contribution in [0.4, 0.5) is 10.5 Å². The fourth-order valence-electron chi connectivity index (χ4n) is 2.47. The Balaban J connectivity index is 1.49. The fraction of sp³-hybridized carbons (Fsp3) is 0.353. The molecule has 24 heavy (non-hydrogen) atoms. The van der Waals surface area contributed by atoms with Crippen molar-refractivity contribution >= 4 is 29.0 Å². The highest BCUT2D eigenvalue weighted by Gasteiger charge is 2.19. The van der Waals surface area contributed by atoms with Gasteiger partial charge in [0.15, 0.2) is 0 Å². The van der Waals surface area contributed by atoms with Gasteiger partial charge in [0.05, 0.1) is 10.7 Å². The minimum absolute atomic E-state index is 0.0986. The molecule has 3 amide bonds. The van der Waals surface area contributed by atoms with E-state index in [4.69, 9.17) is 0 Å². The number of rotatable bonds is 5. The van der Waals surface area contributed by atoms with Crippen LogP contribution in [0.5, 0.6) is 0 Å². The van der Waals surface area contributed by atoms with Gasteiger partial charge >= 0.3 is 6.03 Å². The van der Waals surface area contributed by atoms with Crippen LogP contribution in [0.2, 0.25) is 0 Å². The Labute approximate surface area is 144 Å². The smallest absolute Gasteiger partial charge is 0.319 e. The first-order valence-electron chi connectivity index (χ1n) is 7.93. The van der Waals surface area contributed by atoms with E-state index in [9.17, 15) is 9.59 Å². The van der Waals surface area contributed by atoms with Crippen LogP contribution in [0.25, 0.3) is 0 Å². The van der Waals surface area contributed by atoms with E-state index >= 15 is 0 Å². The SMILES string of the molecule is CC(C)c1nc(CCNC(=O)Nc2ccc3c(c2)C(=O)NC3)cs1. The first-order valence-corrected chi connectivity index (χ1v) is 8.81. The molecule has 0 fully saturated rings. The normalized spacial score (nSPS) is 12.9. The molecule has 6 nitrogen and oxygen atoms in total. The van der Waals surface area contributed by atoms with E-state index in [-0.39, 0.29) is 11.9 Å². The number of fused-ring (bicyclic) bond motifs is 1. The number of carbonyl (C=O) groups is 2. The lowest BCUT2D eigenvalue weighted by atomic mass is 10.1. The number of benzene rings is 1. The van der Waals surface area contributed by atoms with E-state index in [1.54, 1.807) is 23.5 Å². The first-order chi connectivity index (χ1) is 11.5. The summed E-state index contributed by atoms with van der Waals surface area (Å²) in [4.78, 5) is 28.1. The van der Waals surface area contributed by atoms with E-state index in [0.29, 0.717) is 36.7 Å². The van der Waals surface area contributed by atoms with Gasteiger partial charge in [-0.05, 0) is 17.7 Å². The predicted octanol–water partition coefficient (Wildman–Crippen LogP) is 2.87. The second kappa shape index (κ2) is 7.00. The maximum absolute atomic E-state index is 12.0. The monoisotopic (exact) mass is 344 g/mol. The van der Waals surface area contributed by atoms with Gasteiger partial charge in [0.25, 0.3) is 5.91 Å². The average molecular weight is 344 g/mol. The Morgan fingerprint density at radius 3 is 3.00 bits per heavy atom. The van der Waals surface area contributed by atoms with Crippen molar-refractivity contribution in [2.45, 2.75) is 32.7 Å². The minimum atomic E-state index is -0.285. The molecule has 0 unspecified atom stereocenters. The Hall–Kier alpha value is -2.41. The summed E-state index contributed by atoms with van der Waals surface area (Å²) in [6.07, 6.45) is 0.698. The second-order valence-electron chi connectivity index (χ2n) is 6.02. The predicted molar refractivity (Wildman–Crippen MR) is 94.5 cm³/mol. The zero-order chi connectivity index (χ0) is 17.1. The molecule has 1 aromatic carbocycles. The third-order valence-electron chi connectivity index (χ3n) is 3.78. The van der Waals surface area contributed by atoms with Crippen molar-refractivity contribution in [3.63, 3.8) is 0 Å². The van der Waals surface area contributed by atoms with Crippen LogP contribution in [0.1, 0.15) is 46.4 Å². The standard InChI is InChI=1S/C17H20N4O2S/c1-10(2)16-20-13(9-24-16)5-6-18-17(23)21-12-4-3-11-8-19-15(22)14(11)7-12/h3-4,7,9-10H,5-6,8H2,1-2H3,(H,19,22)(H2,18,21,23). The zero-order valence-corrected chi connectivity index (χ0v) is 14.5. The lowest BCUT2D eigenvalue weighted by molar-refractivity contribution is 0.0965. The molecular formula is C17H20N4O2S. The van der Waals surface area contributed by atoms with Gasteiger partial charge in [-0.15, -0.1) is 11.3 Å². The molecule has 2 aromatic rings. The quantitative estimate of drug-likeness (QED) is 0.780. The first kappa shape index (κ1) is 16.4. The molecule has 2 heterocycles. The summed E-state index contributed by atoms with van der Waals surface area (Å²) in [6.45, 7) is 5.29. The second-order valence-corrected chi connectivity index (χ2v) is 6.91. The highest BCUT2D eigenvalue weighted by atomic mass is 32.1. The van der Waals surface area contributed by atoms with Crippen molar-refractivity contribution in [1.82, 2.24) is 15.6 Å². The third kappa shape index (κ3) is 3.73. The van der Waals surface area contributed by atoms with Gasteiger partial charge in [-0.1, -0.05) is 19.9 Å². The summed E-state index contributed by atoms with van der Waals surface area (Å²) in [5, 5.41) is 11.5. The fourth-order valence-corrected chi connectivity index (χ4v) is 3.34. The largest absolute Gasteiger partial charge is 0.348 e. The Morgan fingerprint density at radius 1 is 1.42 bits per heavy atom. The summed E-state index contributed by atoms with van der Waals surface area (Å²) >= 11 is 1.65. The van der Waals surface area contributed by atoms with E-state index in [1.165, 1.54) is 0 Å². The van der Waals surface area contributed by atoms with Crippen LogP contribution in [0, 0.1) is 0 Å². The highest BCUT2D eigenvalue weighted by molar-refractivity contribution is 7.09. The van der Waals surface area contributed by atoms with Gasteiger partial charge in [-0.25, -0.2) is 9.78 Å². The maximum atomic E-state index is 12.0. The molecule has 0 saturated carbocycles. The molecular weight excluding hydrogens is 324 g/mol. The molecule has 126 valence electrons. The molecule has 0 radical (unpaired) electrons. The molecule has 0 bridgehead atoms. The van der Waals surface area contributed by atoms with Crippen molar-refractivity contribution < 1.29 is 9.59 Å². The van der Waals surface area contributed by atoms with Crippen molar-refractivity contribution in [3.8, 4) is 0 Å². The summed E-state index contributed by atoms with van der Waals surface area (Å²) in [7, 11) is 0. The number of hydrogen-bond donors (Lipinski definition) is 3. The summed E-state index contributed by atoms with van der Waals surface area (Å²) in [5.41, 5.74) is 3.18. The maximum Gasteiger partial charge on any atom is 0.319 e. The van der Waals surface area contributed by atoms with Crippen molar-refractivity contribution in [1.29, 1.82) is 0 Å². The number of hydrogen-bond acceptors (Lipinski definition) is 4. The number of thiazole rings is 1. The average Bonchev–Trinajstić information content (AvgIpc) is 3.15. The molecule has 0 spiro atoms. The molecule has 0 atom stereocenters. The lowest BCUT2D eigenvalue weighted by Crippen LogP contribution is -2.30. The van der Waals surface area contributed by atoms with Crippen LogP contribution in [0.15, 0.2) is 23.6 Å². The topological polar surface area (TPSA) is 83.1 Å². The number of urea groups is 1. The number of carbonyl (C=O) groups excluding carboxylic acids is 2. The van der Waals surface area contributed by atoms with Crippen molar-refractivity contribution in [2.75, 3.05) is 11.9 Å². The van der Waals surface area contributed by atoms with E-state index in [0.717, 1.165) is 16.3 Å². The minimum Gasteiger partial charge on any atom is -0.348 e. The Bertz CT molecular complexity index is 770. The van der Waals surface area contributed by atoms with E-state index in [2.05, 4.69) is 34.8 Å². The summed E-state index contributed by atoms with van der Waals surface area (Å²) in [6, 6.07) is 5.07. The van der Waals surface area contributed by atoms with E-state index < -0.39 is 0 Å².